The van der Waals surface area contributed by atoms with Gasteiger partial charge in [-0.25, -0.2) is 0 Å². The molecule has 0 bridgehead atoms. The first-order chi connectivity index (χ1) is 6.22. The molecule has 0 unspecified atom stereocenters. The van der Waals surface area contributed by atoms with Crippen molar-refractivity contribution in [2.75, 3.05) is 18.6 Å². The predicted molar refractivity (Wildman–Crippen MR) is 57.4 cm³/mol. The Hall–Kier alpha value is -0.660. The van der Waals surface area contributed by atoms with Crippen LogP contribution >= 0.6 is 11.8 Å². The molecule has 1 amide bonds. The number of thioether (sulfide) groups is 1. The lowest BCUT2D eigenvalue weighted by molar-refractivity contribution is -0.122. The summed E-state index contributed by atoms with van der Waals surface area (Å²) < 4.78 is 0. The highest BCUT2D eigenvalue weighted by molar-refractivity contribution is 7.98. The summed E-state index contributed by atoms with van der Waals surface area (Å²) in [6, 6.07) is -0.397. The molecule has 0 saturated carbocycles. The molecule has 0 aliphatic heterocycles. The van der Waals surface area contributed by atoms with Crippen molar-refractivity contribution in [2.45, 2.75) is 19.4 Å². The first kappa shape index (κ1) is 12.3. The van der Waals surface area contributed by atoms with E-state index in [1.807, 2.05) is 6.26 Å². The third-order valence-corrected chi connectivity index (χ3v) is 2.14. The molecule has 13 heavy (non-hydrogen) atoms. The summed E-state index contributed by atoms with van der Waals surface area (Å²) in [5, 5.41) is 2.65. The zero-order chi connectivity index (χ0) is 10.1. The van der Waals surface area contributed by atoms with Crippen LogP contribution in [0.1, 0.15) is 13.3 Å². The highest BCUT2D eigenvalue weighted by Crippen LogP contribution is 1.98. The highest BCUT2D eigenvalue weighted by atomic mass is 32.2. The molecule has 0 saturated heterocycles. The fraction of sp³-hybridized carbons (Fsp3) is 0.667. The fourth-order valence-corrected chi connectivity index (χ4v) is 1.22. The minimum atomic E-state index is -0.397. The average Bonchev–Trinajstić information content (AvgIpc) is 2.14. The van der Waals surface area contributed by atoms with Gasteiger partial charge in [0.05, 0.1) is 12.6 Å². The molecular weight excluding hydrogens is 184 g/mol. The Morgan fingerprint density at radius 2 is 2.38 bits per heavy atom. The van der Waals surface area contributed by atoms with E-state index in [9.17, 15) is 4.79 Å². The summed E-state index contributed by atoms with van der Waals surface area (Å²) in [5.74, 6) is 6.24. The molecule has 0 aliphatic carbocycles. The lowest BCUT2D eigenvalue weighted by atomic mass is 10.2. The van der Waals surface area contributed by atoms with E-state index >= 15 is 0 Å². The van der Waals surface area contributed by atoms with Crippen LogP contribution in [0.4, 0.5) is 0 Å². The molecule has 0 aliphatic rings. The quantitative estimate of drug-likeness (QED) is 0.624. The van der Waals surface area contributed by atoms with Gasteiger partial charge >= 0.3 is 0 Å². The number of carbonyl (C=O) groups excluding carboxylic acids is 1. The minimum absolute atomic E-state index is 0.114. The zero-order valence-corrected chi connectivity index (χ0v) is 8.91. The standard InChI is InChI=1S/C9H16N2OS/c1-3-4-6-11-9(12)8(10)5-7-13-2/h8H,5-7,10H2,1-2H3,(H,11,12)/t8-/m1/s1. The van der Waals surface area contributed by atoms with Crippen LogP contribution in [-0.2, 0) is 4.79 Å². The summed E-state index contributed by atoms with van der Waals surface area (Å²) in [4.78, 5) is 11.2. The van der Waals surface area contributed by atoms with Gasteiger partial charge in [-0.15, -0.1) is 5.92 Å². The summed E-state index contributed by atoms with van der Waals surface area (Å²) >= 11 is 1.69. The number of nitrogens with two attached hydrogens (primary N) is 1. The van der Waals surface area contributed by atoms with E-state index < -0.39 is 6.04 Å². The molecule has 0 aromatic carbocycles. The van der Waals surface area contributed by atoms with Gasteiger partial charge < -0.3 is 11.1 Å². The van der Waals surface area contributed by atoms with Crippen molar-refractivity contribution in [3.05, 3.63) is 0 Å². The van der Waals surface area contributed by atoms with Gasteiger partial charge in [0.15, 0.2) is 0 Å². The van der Waals surface area contributed by atoms with E-state index in [1.165, 1.54) is 0 Å². The van der Waals surface area contributed by atoms with Crippen molar-refractivity contribution in [3.8, 4) is 11.8 Å². The second-order valence-electron chi connectivity index (χ2n) is 2.53. The molecule has 1 atom stereocenters. The molecule has 3 N–H and O–H groups in total. The second kappa shape index (κ2) is 7.96. The Balaban J connectivity index is 3.60. The smallest absolute Gasteiger partial charge is 0.237 e. The molecule has 0 rings (SSSR count). The topological polar surface area (TPSA) is 55.1 Å². The first-order valence-electron chi connectivity index (χ1n) is 4.14. The van der Waals surface area contributed by atoms with E-state index in [1.54, 1.807) is 18.7 Å². The maximum absolute atomic E-state index is 11.2. The molecule has 0 radical (unpaired) electrons. The monoisotopic (exact) mass is 200 g/mol. The van der Waals surface area contributed by atoms with Gasteiger partial charge in [0.2, 0.25) is 5.91 Å². The Kier molecular flexibility index (Phi) is 7.56. The van der Waals surface area contributed by atoms with Crippen molar-refractivity contribution in [2.24, 2.45) is 5.73 Å². The van der Waals surface area contributed by atoms with Gasteiger partial charge in [-0.2, -0.15) is 11.8 Å². The van der Waals surface area contributed by atoms with Gasteiger partial charge in [-0.05, 0) is 25.4 Å². The molecule has 0 aromatic rings. The fourth-order valence-electron chi connectivity index (χ4n) is 0.727. The third kappa shape index (κ3) is 6.50. The van der Waals surface area contributed by atoms with Crippen LogP contribution in [0, 0.1) is 11.8 Å². The van der Waals surface area contributed by atoms with Gasteiger partial charge in [-0.3, -0.25) is 4.79 Å². The zero-order valence-electron chi connectivity index (χ0n) is 8.09. The maximum Gasteiger partial charge on any atom is 0.237 e. The molecule has 0 spiro atoms. The van der Waals surface area contributed by atoms with Crippen LogP contribution in [-0.4, -0.2) is 30.5 Å². The van der Waals surface area contributed by atoms with Crippen LogP contribution in [0.5, 0.6) is 0 Å². The molecule has 0 heterocycles. The number of rotatable bonds is 5. The number of hydrogen-bond acceptors (Lipinski definition) is 3. The Bertz CT molecular complexity index is 207. The third-order valence-electron chi connectivity index (χ3n) is 1.50. The van der Waals surface area contributed by atoms with Crippen LogP contribution < -0.4 is 11.1 Å². The number of carbonyl (C=O) groups is 1. The maximum atomic E-state index is 11.2. The largest absolute Gasteiger partial charge is 0.344 e. The summed E-state index contributed by atoms with van der Waals surface area (Å²) in [7, 11) is 0. The van der Waals surface area contributed by atoms with Crippen molar-refractivity contribution < 1.29 is 4.79 Å². The summed E-state index contributed by atoms with van der Waals surface area (Å²) in [6.07, 6.45) is 2.71. The normalized spacial score (nSPS) is 11.3. The van der Waals surface area contributed by atoms with Crippen molar-refractivity contribution >= 4 is 17.7 Å². The van der Waals surface area contributed by atoms with E-state index in [2.05, 4.69) is 17.2 Å². The summed E-state index contributed by atoms with van der Waals surface area (Å²) in [6.45, 7) is 2.13. The number of nitrogens with one attached hydrogen (secondary N) is 1. The molecule has 0 fully saturated rings. The average molecular weight is 200 g/mol. The molecular formula is C9H16N2OS. The van der Waals surface area contributed by atoms with Crippen molar-refractivity contribution in [3.63, 3.8) is 0 Å². The number of amides is 1. The van der Waals surface area contributed by atoms with Crippen LogP contribution in [0.3, 0.4) is 0 Å². The number of hydrogen-bond donors (Lipinski definition) is 2. The highest BCUT2D eigenvalue weighted by Gasteiger charge is 2.10. The van der Waals surface area contributed by atoms with Gasteiger partial charge in [0.1, 0.15) is 0 Å². The van der Waals surface area contributed by atoms with E-state index in [0.717, 1.165) is 5.75 Å². The van der Waals surface area contributed by atoms with Crippen molar-refractivity contribution in [1.29, 1.82) is 0 Å². The van der Waals surface area contributed by atoms with Crippen LogP contribution in [0.2, 0.25) is 0 Å². The first-order valence-corrected chi connectivity index (χ1v) is 5.53. The Morgan fingerprint density at radius 1 is 1.69 bits per heavy atom. The summed E-state index contributed by atoms with van der Waals surface area (Å²) in [5.41, 5.74) is 5.61. The van der Waals surface area contributed by atoms with Gasteiger partial charge in [-0.1, -0.05) is 5.92 Å². The predicted octanol–water partition coefficient (Wildman–Crippen LogP) is 0.206. The van der Waals surface area contributed by atoms with Crippen LogP contribution in [0.15, 0.2) is 0 Å². The van der Waals surface area contributed by atoms with Gasteiger partial charge in [0, 0.05) is 0 Å². The lowest BCUT2D eigenvalue weighted by Crippen LogP contribution is -2.41. The molecule has 74 valence electrons. The Labute approximate surface area is 83.8 Å². The van der Waals surface area contributed by atoms with E-state index in [4.69, 9.17) is 5.73 Å². The second-order valence-corrected chi connectivity index (χ2v) is 3.52. The van der Waals surface area contributed by atoms with E-state index in [-0.39, 0.29) is 5.91 Å². The Morgan fingerprint density at radius 3 is 2.92 bits per heavy atom. The SMILES string of the molecule is CC#CCNC(=O)[C@H](N)CCSC. The van der Waals surface area contributed by atoms with E-state index in [0.29, 0.717) is 13.0 Å². The molecule has 3 nitrogen and oxygen atoms in total. The molecule has 4 heteroatoms. The van der Waals surface area contributed by atoms with Gasteiger partial charge in [0.25, 0.3) is 0 Å². The minimum Gasteiger partial charge on any atom is -0.344 e. The van der Waals surface area contributed by atoms with Crippen molar-refractivity contribution in [1.82, 2.24) is 5.32 Å². The van der Waals surface area contributed by atoms with Crippen LogP contribution in [0.25, 0.3) is 0 Å². The lowest BCUT2D eigenvalue weighted by Gasteiger charge is -2.09. The molecule has 0 aromatic heterocycles.